The number of hydrogen-bond acceptors (Lipinski definition) is 5. The van der Waals surface area contributed by atoms with E-state index in [1.165, 1.54) is 5.56 Å². The SMILES string of the molecule is CCOc1ccc(CCNC(=NC)NCc2ccc3c(c2)OCCCO3)cc1OCC.I. The van der Waals surface area contributed by atoms with Gasteiger partial charge in [-0.25, -0.2) is 0 Å². The van der Waals surface area contributed by atoms with E-state index in [1.807, 2.05) is 44.2 Å². The van der Waals surface area contributed by atoms with E-state index in [0.29, 0.717) is 33.0 Å². The molecule has 2 N–H and O–H groups in total. The summed E-state index contributed by atoms with van der Waals surface area (Å²) in [5.41, 5.74) is 2.29. The van der Waals surface area contributed by atoms with Crippen molar-refractivity contribution in [3.63, 3.8) is 0 Å². The van der Waals surface area contributed by atoms with Crippen LogP contribution in [0.25, 0.3) is 0 Å². The average molecular weight is 555 g/mol. The zero-order valence-corrected chi connectivity index (χ0v) is 21.4. The number of ether oxygens (including phenoxy) is 4. The second kappa shape index (κ2) is 13.9. The molecule has 8 heteroatoms. The monoisotopic (exact) mass is 555 g/mol. The van der Waals surface area contributed by atoms with Crippen molar-refractivity contribution in [1.29, 1.82) is 0 Å². The fourth-order valence-corrected chi connectivity index (χ4v) is 3.30. The standard InChI is InChI=1S/C24H33N3O4.HI/c1-4-28-20-9-7-18(15-22(20)29-5-2)11-12-26-24(25-3)27-17-19-8-10-21-23(16-19)31-14-6-13-30-21;/h7-10,15-16H,4-6,11-14,17H2,1-3H3,(H2,25,26,27);1H. The number of hydrogen-bond donors (Lipinski definition) is 2. The molecule has 0 atom stereocenters. The van der Waals surface area contributed by atoms with Crippen molar-refractivity contribution in [3.05, 3.63) is 47.5 Å². The molecule has 0 bridgehead atoms. The van der Waals surface area contributed by atoms with Gasteiger partial charge in [-0.2, -0.15) is 0 Å². The van der Waals surface area contributed by atoms with Crippen LogP contribution < -0.4 is 29.6 Å². The van der Waals surface area contributed by atoms with Gasteiger partial charge < -0.3 is 29.6 Å². The largest absolute Gasteiger partial charge is 0.490 e. The van der Waals surface area contributed by atoms with E-state index in [2.05, 4.69) is 21.7 Å². The highest BCUT2D eigenvalue weighted by Gasteiger charge is 2.11. The number of nitrogens with one attached hydrogen (secondary N) is 2. The number of aliphatic imine (C=N–C) groups is 1. The molecule has 0 aromatic heterocycles. The van der Waals surface area contributed by atoms with Gasteiger partial charge in [0.15, 0.2) is 29.0 Å². The minimum absolute atomic E-state index is 0. The van der Waals surface area contributed by atoms with Gasteiger partial charge in [-0.15, -0.1) is 24.0 Å². The maximum atomic E-state index is 5.77. The quantitative estimate of drug-likeness (QED) is 0.275. The predicted molar refractivity (Wildman–Crippen MR) is 138 cm³/mol. The summed E-state index contributed by atoms with van der Waals surface area (Å²) in [7, 11) is 1.77. The Morgan fingerprint density at radius 3 is 2.38 bits per heavy atom. The lowest BCUT2D eigenvalue weighted by Crippen LogP contribution is -2.37. The van der Waals surface area contributed by atoms with Gasteiger partial charge in [0.2, 0.25) is 0 Å². The van der Waals surface area contributed by atoms with Gasteiger partial charge in [0, 0.05) is 26.6 Å². The van der Waals surface area contributed by atoms with Gasteiger partial charge >= 0.3 is 0 Å². The Balaban J connectivity index is 0.00000363. The molecule has 0 spiro atoms. The van der Waals surface area contributed by atoms with Gasteiger partial charge in [0.05, 0.1) is 26.4 Å². The van der Waals surface area contributed by atoms with Crippen molar-refractivity contribution in [2.24, 2.45) is 4.99 Å². The van der Waals surface area contributed by atoms with Crippen LogP contribution in [0.3, 0.4) is 0 Å². The highest BCUT2D eigenvalue weighted by molar-refractivity contribution is 14.0. The molecule has 0 radical (unpaired) electrons. The summed E-state index contributed by atoms with van der Waals surface area (Å²) >= 11 is 0. The summed E-state index contributed by atoms with van der Waals surface area (Å²) in [6, 6.07) is 12.1. The Bertz CT molecular complexity index is 876. The topological polar surface area (TPSA) is 73.3 Å². The number of guanidine groups is 1. The smallest absolute Gasteiger partial charge is 0.191 e. The second-order valence-corrected chi connectivity index (χ2v) is 7.08. The Morgan fingerprint density at radius 1 is 0.906 bits per heavy atom. The molecule has 176 valence electrons. The van der Waals surface area contributed by atoms with Crippen molar-refractivity contribution in [2.75, 3.05) is 40.0 Å². The summed E-state index contributed by atoms with van der Waals surface area (Å²) in [5, 5.41) is 6.71. The Kier molecular flexibility index (Phi) is 11.3. The first kappa shape index (κ1) is 25.9. The number of fused-ring (bicyclic) bond motifs is 1. The Morgan fingerprint density at radius 2 is 1.62 bits per heavy atom. The first-order chi connectivity index (χ1) is 15.2. The first-order valence-electron chi connectivity index (χ1n) is 10.9. The van der Waals surface area contributed by atoms with Crippen LogP contribution in [0.5, 0.6) is 23.0 Å². The van der Waals surface area contributed by atoms with E-state index >= 15 is 0 Å². The van der Waals surface area contributed by atoms with Gasteiger partial charge in [-0.05, 0) is 55.7 Å². The molecule has 0 fully saturated rings. The lowest BCUT2D eigenvalue weighted by molar-refractivity contribution is 0.287. The minimum atomic E-state index is 0. The molecule has 7 nitrogen and oxygen atoms in total. The molecule has 2 aromatic rings. The van der Waals surface area contributed by atoms with Crippen LogP contribution in [0.2, 0.25) is 0 Å². The fraction of sp³-hybridized carbons (Fsp3) is 0.458. The summed E-state index contributed by atoms with van der Waals surface area (Å²) in [5.74, 6) is 3.95. The van der Waals surface area contributed by atoms with Gasteiger partial charge in [0.25, 0.3) is 0 Å². The number of benzene rings is 2. The van der Waals surface area contributed by atoms with Crippen molar-refractivity contribution < 1.29 is 18.9 Å². The third-order valence-electron chi connectivity index (χ3n) is 4.81. The summed E-state index contributed by atoms with van der Waals surface area (Å²) in [4.78, 5) is 4.32. The van der Waals surface area contributed by atoms with Crippen LogP contribution in [0.4, 0.5) is 0 Å². The van der Waals surface area contributed by atoms with Crippen LogP contribution in [0.1, 0.15) is 31.4 Å². The maximum absolute atomic E-state index is 5.77. The van der Waals surface area contributed by atoms with Crippen molar-refractivity contribution >= 4 is 29.9 Å². The van der Waals surface area contributed by atoms with E-state index in [9.17, 15) is 0 Å². The van der Waals surface area contributed by atoms with Gasteiger partial charge in [-0.1, -0.05) is 12.1 Å². The van der Waals surface area contributed by atoms with Crippen LogP contribution >= 0.6 is 24.0 Å². The van der Waals surface area contributed by atoms with Crippen LogP contribution in [-0.4, -0.2) is 46.0 Å². The molecule has 1 aliphatic heterocycles. The molecule has 0 amide bonds. The van der Waals surface area contributed by atoms with Crippen molar-refractivity contribution in [1.82, 2.24) is 10.6 Å². The van der Waals surface area contributed by atoms with Gasteiger partial charge in [-0.3, -0.25) is 4.99 Å². The zero-order valence-electron chi connectivity index (χ0n) is 19.1. The molecule has 0 unspecified atom stereocenters. The van der Waals surface area contributed by atoms with Crippen LogP contribution in [0.15, 0.2) is 41.4 Å². The Labute approximate surface area is 207 Å². The zero-order chi connectivity index (χ0) is 21.9. The molecule has 1 aliphatic rings. The van der Waals surface area contributed by atoms with E-state index < -0.39 is 0 Å². The van der Waals surface area contributed by atoms with E-state index in [0.717, 1.165) is 53.9 Å². The maximum Gasteiger partial charge on any atom is 0.191 e. The second-order valence-electron chi connectivity index (χ2n) is 7.08. The van der Waals surface area contributed by atoms with Crippen molar-refractivity contribution in [2.45, 2.75) is 33.2 Å². The van der Waals surface area contributed by atoms with E-state index in [1.54, 1.807) is 7.05 Å². The lowest BCUT2D eigenvalue weighted by Gasteiger charge is -2.15. The van der Waals surface area contributed by atoms with E-state index in [4.69, 9.17) is 18.9 Å². The summed E-state index contributed by atoms with van der Waals surface area (Å²) in [6.07, 6.45) is 1.75. The molecular formula is C24H34IN3O4. The molecule has 2 aromatic carbocycles. The predicted octanol–water partition coefficient (Wildman–Crippen LogP) is 4.17. The first-order valence-corrected chi connectivity index (χ1v) is 10.9. The Hall–Kier alpha value is -2.36. The van der Waals surface area contributed by atoms with Crippen molar-refractivity contribution in [3.8, 4) is 23.0 Å². The number of rotatable bonds is 9. The van der Waals surface area contributed by atoms with Gasteiger partial charge in [0.1, 0.15) is 0 Å². The normalized spacial score (nSPS) is 12.9. The molecule has 0 aliphatic carbocycles. The molecule has 32 heavy (non-hydrogen) atoms. The fourth-order valence-electron chi connectivity index (χ4n) is 3.30. The number of nitrogens with zero attached hydrogens (tertiary/aromatic N) is 1. The highest BCUT2D eigenvalue weighted by Crippen LogP contribution is 2.30. The minimum Gasteiger partial charge on any atom is -0.490 e. The molecule has 0 saturated carbocycles. The van der Waals surface area contributed by atoms with Crippen LogP contribution in [-0.2, 0) is 13.0 Å². The summed E-state index contributed by atoms with van der Waals surface area (Å²) < 4.78 is 22.8. The van der Waals surface area contributed by atoms with Crippen LogP contribution in [0, 0.1) is 0 Å². The highest BCUT2D eigenvalue weighted by atomic mass is 127. The summed E-state index contributed by atoms with van der Waals surface area (Å²) in [6.45, 7) is 7.95. The number of halogens is 1. The molecule has 3 rings (SSSR count). The average Bonchev–Trinajstić information content (AvgIpc) is 3.03. The molecule has 1 heterocycles. The lowest BCUT2D eigenvalue weighted by atomic mass is 10.1. The van der Waals surface area contributed by atoms with E-state index in [-0.39, 0.29) is 24.0 Å². The third-order valence-corrected chi connectivity index (χ3v) is 4.81. The molecular weight excluding hydrogens is 521 g/mol. The third kappa shape index (κ3) is 7.65. The molecule has 0 saturated heterocycles.